The standard InChI is InChI=1S/C21H22N4OS/c1-14(20(26)25-13-7-9-15-8-3-6-12-18(15)25)27-21-23-17-11-5-4-10-16(17)19(22-2)24-21/h3-6,8,10-12,14H,7,9,13H2,1-2H3,(H,22,23,24). The largest absolute Gasteiger partial charge is 0.372 e. The fourth-order valence-electron chi connectivity index (χ4n) is 3.49. The van der Waals surface area contributed by atoms with E-state index < -0.39 is 0 Å². The van der Waals surface area contributed by atoms with E-state index in [1.807, 2.05) is 61.3 Å². The molecule has 1 unspecified atom stereocenters. The summed E-state index contributed by atoms with van der Waals surface area (Å²) in [5.74, 6) is 0.890. The zero-order valence-corrected chi connectivity index (χ0v) is 16.3. The first-order valence-electron chi connectivity index (χ1n) is 9.18. The Bertz CT molecular complexity index is 991. The molecule has 2 heterocycles. The Morgan fingerprint density at radius 2 is 1.93 bits per heavy atom. The molecule has 4 rings (SSSR count). The SMILES string of the molecule is CNc1nc(SC(C)C(=O)N2CCCc3ccccc32)nc2ccccc12. The predicted molar refractivity (Wildman–Crippen MR) is 112 cm³/mol. The number of thioether (sulfide) groups is 1. The van der Waals surface area contributed by atoms with E-state index >= 15 is 0 Å². The number of carbonyl (C=O) groups excluding carboxylic acids is 1. The summed E-state index contributed by atoms with van der Waals surface area (Å²) in [6.07, 6.45) is 2.03. The minimum absolute atomic E-state index is 0.106. The van der Waals surface area contributed by atoms with Crippen LogP contribution in [0.5, 0.6) is 0 Å². The zero-order valence-electron chi connectivity index (χ0n) is 15.5. The molecule has 0 bridgehead atoms. The molecule has 1 amide bonds. The molecule has 1 N–H and O–H groups in total. The van der Waals surface area contributed by atoms with Gasteiger partial charge in [0.15, 0.2) is 5.16 Å². The fraction of sp³-hybridized carbons (Fsp3) is 0.286. The second-order valence-corrected chi connectivity index (χ2v) is 7.91. The molecule has 1 atom stereocenters. The van der Waals surface area contributed by atoms with Gasteiger partial charge in [-0.3, -0.25) is 4.79 Å². The fourth-order valence-corrected chi connectivity index (χ4v) is 4.33. The van der Waals surface area contributed by atoms with E-state index in [1.165, 1.54) is 17.3 Å². The van der Waals surface area contributed by atoms with Crippen molar-refractivity contribution >= 4 is 40.1 Å². The van der Waals surface area contributed by atoms with Gasteiger partial charge in [0, 0.05) is 24.7 Å². The number of hydrogen-bond acceptors (Lipinski definition) is 5. The molecule has 1 aliphatic rings. The van der Waals surface area contributed by atoms with E-state index in [-0.39, 0.29) is 11.2 Å². The number of benzene rings is 2. The van der Waals surface area contributed by atoms with Crippen molar-refractivity contribution in [3.8, 4) is 0 Å². The van der Waals surface area contributed by atoms with E-state index in [9.17, 15) is 4.79 Å². The average Bonchev–Trinajstić information content (AvgIpc) is 2.72. The molecule has 0 fully saturated rings. The second kappa shape index (κ2) is 7.56. The number of nitrogens with zero attached hydrogens (tertiary/aromatic N) is 3. The number of amides is 1. The van der Waals surface area contributed by atoms with Gasteiger partial charge in [-0.15, -0.1) is 0 Å². The molecule has 1 aromatic heterocycles. The van der Waals surface area contributed by atoms with Gasteiger partial charge in [0.05, 0.1) is 10.8 Å². The van der Waals surface area contributed by atoms with Crippen molar-refractivity contribution < 1.29 is 4.79 Å². The van der Waals surface area contributed by atoms with Crippen LogP contribution in [0.1, 0.15) is 18.9 Å². The summed E-state index contributed by atoms with van der Waals surface area (Å²) >= 11 is 1.41. The maximum absolute atomic E-state index is 13.1. The number of para-hydroxylation sites is 2. The summed E-state index contributed by atoms with van der Waals surface area (Å²) in [4.78, 5) is 24.3. The van der Waals surface area contributed by atoms with Crippen molar-refractivity contribution in [2.75, 3.05) is 23.8 Å². The van der Waals surface area contributed by atoms with Gasteiger partial charge in [-0.25, -0.2) is 9.97 Å². The highest BCUT2D eigenvalue weighted by atomic mass is 32.2. The first kappa shape index (κ1) is 17.8. The molecule has 0 spiro atoms. The topological polar surface area (TPSA) is 58.1 Å². The lowest BCUT2D eigenvalue weighted by molar-refractivity contribution is -0.117. The van der Waals surface area contributed by atoms with Gasteiger partial charge in [-0.2, -0.15) is 0 Å². The van der Waals surface area contributed by atoms with Crippen LogP contribution in [0.3, 0.4) is 0 Å². The number of carbonyl (C=O) groups is 1. The number of nitrogens with one attached hydrogen (secondary N) is 1. The van der Waals surface area contributed by atoms with E-state index in [2.05, 4.69) is 21.4 Å². The molecular weight excluding hydrogens is 356 g/mol. The Morgan fingerprint density at radius 3 is 2.78 bits per heavy atom. The molecule has 138 valence electrons. The minimum atomic E-state index is -0.262. The summed E-state index contributed by atoms with van der Waals surface area (Å²) in [6.45, 7) is 2.70. The molecule has 5 nitrogen and oxygen atoms in total. The van der Waals surface area contributed by atoms with E-state index in [1.54, 1.807) is 0 Å². The molecule has 0 aliphatic carbocycles. The summed E-state index contributed by atoms with van der Waals surface area (Å²) in [7, 11) is 1.85. The van der Waals surface area contributed by atoms with Gasteiger partial charge >= 0.3 is 0 Å². The summed E-state index contributed by atoms with van der Waals surface area (Å²) in [6, 6.07) is 16.1. The van der Waals surface area contributed by atoms with Gasteiger partial charge in [-0.1, -0.05) is 42.1 Å². The first-order chi connectivity index (χ1) is 13.2. The monoisotopic (exact) mass is 378 g/mol. The molecule has 1 aliphatic heterocycles. The number of fused-ring (bicyclic) bond motifs is 2. The highest BCUT2D eigenvalue weighted by Crippen LogP contribution is 2.31. The maximum atomic E-state index is 13.1. The minimum Gasteiger partial charge on any atom is -0.372 e. The van der Waals surface area contributed by atoms with Crippen molar-refractivity contribution in [1.29, 1.82) is 0 Å². The summed E-state index contributed by atoms with van der Waals surface area (Å²) < 4.78 is 0. The Kier molecular flexibility index (Phi) is 4.99. The number of aromatic nitrogens is 2. The van der Waals surface area contributed by atoms with Gasteiger partial charge < -0.3 is 10.2 Å². The van der Waals surface area contributed by atoms with Crippen LogP contribution in [-0.4, -0.2) is 34.7 Å². The van der Waals surface area contributed by atoms with Crippen LogP contribution in [0.2, 0.25) is 0 Å². The maximum Gasteiger partial charge on any atom is 0.240 e. The molecule has 0 saturated heterocycles. The van der Waals surface area contributed by atoms with Crippen molar-refractivity contribution in [3.63, 3.8) is 0 Å². The van der Waals surface area contributed by atoms with Crippen molar-refractivity contribution in [2.45, 2.75) is 30.2 Å². The molecule has 27 heavy (non-hydrogen) atoms. The zero-order chi connectivity index (χ0) is 18.8. The Morgan fingerprint density at radius 1 is 1.15 bits per heavy atom. The molecule has 6 heteroatoms. The van der Waals surface area contributed by atoms with Crippen LogP contribution >= 0.6 is 11.8 Å². The second-order valence-electron chi connectivity index (χ2n) is 6.60. The number of anilines is 2. The summed E-state index contributed by atoms with van der Waals surface area (Å²) in [5, 5.41) is 4.46. The molecular formula is C21H22N4OS. The van der Waals surface area contributed by atoms with Crippen LogP contribution in [-0.2, 0) is 11.2 Å². The number of hydrogen-bond donors (Lipinski definition) is 1. The molecule has 2 aromatic carbocycles. The summed E-state index contributed by atoms with van der Waals surface area (Å²) in [5.41, 5.74) is 3.16. The third-order valence-corrected chi connectivity index (χ3v) is 5.77. The Labute approximate surface area is 163 Å². The van der Waals surface area contributed by atoms with Crippen LogP contribution < -0.4 is 10.2 Å². The average molecular weight is 379 g/mol. The van der Waals surface area contributed by atoms with Crippen LogP contribution in [0.4, 0.5) is 11.5 Å². The van der Waals surface area contributed by atoms with E-state index in [0.717, 1.165) is 41.8 Å². The van der Waals surface area contributed by atoms with Crippen molar-refractivity contribution in [2.24, 2.45) is 0 Å². The lowest BCUT2D eigenvalue weighted by atomic mass is 10.0. The van der Waals surface area contributed by atoms with Crippen LogP contribution in [0.25, 0.3) is 10.9 Å². The predicted octanol–water partition coefficient (Wildman–Crippen LogP) is 4.13. The third-order valence-electron chi connectivity index (χ3n) is 4.83. The molecule has 0 saturated carbocycles. The quantitative estimate of drug-likeness (QED) is 0.546. The first-order valence-corrected chi connectivity index (χ1v) is 10.1. The van der Waals surface area contributed by atoms with Gasteiger partial charge in [0.1, 0.15) is 5.82 Å². The molecule has 0 radical (unpaired) electrons. The van der Waals surface area contributed by atoms with Crippen molar-refractivity contribution in [3.05, 3.63) is 54.1 Å². The lowest BCUT2D eigenvalue weighted by Crippen LogP contribution is -2.40. The smallest absolute Gasteiger partial charge is 0.240 e. The Balaban J connectivity index is 1.58. The number of rotatable bonds is 4. The lowest BCUT2D eigenvalue weighted by Gasteiger charge is -2.31. The molecule has 3 aromatic rings. The van der Waals surface area contributed by atoms with Gasteiger partial charge in [0.2, 0.25) is 5.91 Å². The third kappa shape index (κ3) is 3.49. The van der Waals surface area contributed by atoms with Gasteiger partial charge in [0.25, 0.3) is 0 Å². The highest BCUT2D eigenvalue weighted by molar-refractivity contribution is 8.00. The van der Waals surface area contributed by atoms with Crippen LogP contribution in [0, 0.1) is 0 Å². The van der Waals surface area contributed by atoms with Crippen molar-refractivity contribution in [1.82, 2.24) is 9.97 Å². The normalized spacial score (nSPS) is 14.7. The number of aryl methyl sites for hydroxylation is 1. The van der Waals surface area contributed by atoms with E-state index in [4.69, 9.17) is 0 Å². The highest BCUT2D eigenvalue weighted by Gasteiger charge is 2.27. The van der Waals surface area contributed by atoms with E-state index in [0.29, 0.717) is 5.16 Å². The Hall–Kier alpha value is -2.60. The van der Waals surface area contributed by atoms with Gasteiger partial charge in [-0.05, 0) is 43.5 Å². The van der Waals surface area contributed by atoms with Crippen LogP contribution in [0.15, 0.2) is 53.7 Å².